The molecule has 0 aromatic heterocycles. The largest absolute Gasteiger partial charge is 0.355 e. The predicted octanol–water partition coefficient (Wildman–Crippen LogP) is 0.0968. The van der Waals surface area contributed by atoms with Crippen LogP contribution in [0.1, 0.15) is 35.7 Å². The molecule has 25 heavy (non-hydrogen) atoms. The lowest BCUT2D eigenvalue weighted by Crippen LogP contribution is -2.46. The van der Waals surface area contributed by atoms with Crippen molar-refractivity contribution in [2.75, 3.05) is 19.6 Å². The van der Waals surface area contributed by atoms with Crippen molar-refractivity contribution in [2.24, 2.45) is 5.73 Å². The molecule has 0 saturated carbocycles. The molecule has 0 radical (unpaired) electrons. The van der Waals surface area contributed by atoms with Gasteiger partial charge in [-0.25, -0.2) is 0 Å². The first-order valence-corrected chi connectivity index (χ1v) is 8.71. The zero-order valence-electron chi connectivity index (χ0n) is 14.4. The minimum absolute atomic E-state index is 0.0400. The molecule has 2 aliphatic heterocycles. The molecule has 3 N–H and O–H groups in total. The summed E-state index contributed by atoms with van der Waals surface area (Å²) in [4.78, 5) is 40.3. The number of amides is 3. The van der Waals surface area contributed by atoms with Crippen LogP contribution in [0.4, 0.5) is 0 Å². The maximum atomic E-state index is 12.6. The molecule has 1 aromatic rings. The van der Waals surface area contributed by atoms with E-state index in [0.717, 1.165) is 5.56 Å². The van der Waals surface area contributed by atoms with Crippen molar-refractivity contribution < 1.29 is 14.4 Å². The number of likely N-dealkylation sites (N-methyl/N-ethyl adjacent to an activating group) is 1. The molecule has 2 aliphatic rings. The van der Waals surface area contributed by atoms with Gasteiger partial charge in [-0.3, -0.25) is 14.4 Å². The van der Waals surface area contributed by atoms with E-state index >= 15 is 0 Å². The number of rotatable bonds is 5. The Labute approximate surface area is 147 Å². The number of hydrogen-bond donors (Lipinski definition) is 2. The molecular weight excluding hydrogens is 320 g/mol. The smallest absolute Gasteiger partial charge is 0.254 e. The van der Waals surface area contributed by atoms with E-state index in [1.54, 1.807) is 9.80 Å². The first-order valence-electron chi connectivity index (χ1n) is 8.71. The highest BCUT2D eigenvalue weighted by atomic mass is 16.2. The van der Waals surface area contributed by atoms with Gasteiger partial charge in [0.2, 0.25) is 11.8 Å². The topological polar surface area (TPSA) is 95.7 Å². The third-order valence-corrected chi connectivity index (χ3v) is 4.80. The van der Waals surface area contributed by atoms with Crippen LogP contribution < -0.4 is 11.1 Å². The number of carbonyl (C=O) groups excluding carboxylic acids is 3. The number of nitrogens with two attached hydrogens (primary N) is 1. The summed E-state index contributed by atoms with van der Waals surface area (Å²) in [5.41, 5.74) is 7.64. The third kappa shape index (κ3) is 3.51. The predicted molar refractivity (Wildman–Crippen MR) is 92.6 cm³/mol. The normalized spacial score (nSPS) is 22.2. The van der Waals surface area contributed by atoms with Gasteiger partial charge in [-0.15, -0.1) is 0 Å². The van der Waals surface area contributed by atoms with Crippen molar-refractivity contribution in [3.8, 4) is 0 Å². The van der Waals surface area contributed by atoms with Gasteiger partial charge < -0.3 is 20.9 Å². The highest BCUT2D eigenvalue weighted by molar-refractivity contribution is 5.98. The fraction of sp³-hybridized carbons (Fsp3) is 0.500. The van der Waals surface area contributed by atoms with Crippen LogP contribution in [0.5, 0.6) is 0 Å². The van der Waals surface area contributed by atoms with Gasteiger partial charge in [-0.1, -0.05) is 18.2 Å². The minimum Gasteiger partial charge on any atom is -0.355 e. The summed E-state index contributed by atoms with van der Waals surface area (Å²) < 4.78 is 0. The molecule has 1 saturated heterocycles. The van der Waals surface area contributed by atoms with Gasteiger partial charge in [0.05, 0.1) is 0 Å². The lowest BCUT2D eigenvalue weighted by atomic mass is 10.1. The number of nitrogens with one attached hydrogen (secondary N) is 1. The first kappa shape index (κ1) is 17.4. The summed E-state index contributed by atoms with van der Waals surface area (Å²) in [6.07, 6.45) is 0.675. The summed E-state index contributed by atoms with van der Waals surface area (Å²) in [7, 11) is 0. The molecule has 7 heteroatoms. The van der Waals surface area contributed by atoms with Crippen LogP contribution in [0.25, 0.3) is 0 Å². The number of nitrogens with zero attached hydrogens (tertiary/aromatic N) is 2. The Morgan fingerprint density at radius 1 is 1.32 bits per heavy atom. The van der Waals surface area contributed by atoms with Crippen molar-refractivity contribution in [1.82, 2.24) is 15.1 Å². The van der Waals surface area contributed by atoms with E-state index in [0.29, 0.717) is 38.2 Å². The highest BCUT2D eigenvalue weighted by Gasteiger charge is 2.38. The van der Waals surface area contributed by atoms with Crippen molar-refractivity contribution in [3.63, 3.8) is 0 Å². The van der Waals surface area contributed by atoms with Crippen molar-refractivity contribution in [1.29, 1.82) is 0 Å². The molecule has 1 fully saturated rings. The van der Waals surface area contributed by atoms with E-state index in [-0.39, 0.29) is 30.2 Å². The second kappa shape index (κ2) is 7.23. The molecule has 0 spiro atoms. The molecular formula is C18H24N4O3. The Bertz CT molecular complexity index is 691. The van der Waals surface area contributed by atoms with Crippen LogP contribution >= 0.6 is 0 Å². The second-order valence-corrected chi connectivity index (χ2v) is 6.59. The third-order valence-electron chi connectivity index (χ3n) is 4.80. The van der Waals surface area contributed by atoms with E-state index in [1.807, 2.05) is 31.2 Å². The number of carbonyl (C=O) groups is 3. The zero-order valence-corrected chi connectivity index (χ0v) is 14.4. The number of hydrogen-bond acceptors (Lipinski definition) is 4. The van der Waals surface area contributed by atoms with Gasteiger partial charge >= 0.3 is 0 Å². The lowest BCUT2D eigenvalue weighted by Gasteiger charge is -2.25. The van der Waals surface area contributed by atoms with Crippen LogP contribution in [-0.4, -0.2) is 59.2 Å². The van der Waals surface area contributed by atoms with E-state index in [1.165, 1.54) is 0 Å². The van der Waals surface area contributed by atoms with Crippen molar-refractivity contribution >= 4 is 17.7 Å². The van der Waals surface area contributed by atoms with Crippen LogP contribution in [0.2, 0.25) is 0 Å². The van der Waals surface area contributed by atoms with E-state index in [4.69, 9.17) is 5.73 Å². The van der Waals surface area contributed by atoms with Gasteiger partial charge in [0, 0.05) is 44.2 Å². The Morgan fingerprint density at radius 3 is 2.80 bits per heavy atom. The number of likely N-dealkylation sites (tertiary alicyclic amines) is 1. The summed E-state index contributed by atoms with van der Waals surface area (Å²) >= 11 is 0. The zero-order chi connectivity index (χ0) is 18.0. The molecule has 2 atom stereocenters. The van der Waals surface area contributed by atoms with E-state index in [9.17, 15) is 14.4 Å². The fourth-order valence-corrected chi connectivity index (χ4v) is 3.55. The van der Waals surface area contributed by atoms with Gasteiger partial charge in [0.15, 0.2) is 0 Å². The molecule has 134 valence electrons. The Kier molecular flexibility index (Phi) is 5.03. The summed E-state index contributed by atoms with van der Waals surface area (Å²) in [6, 6.07) is 6.80. The molecule has 1 aromatic carbocycles. The summed E-state index contributed by atoms with van der Waals surface area (Å²) in [6.45, 7) is 3.62. The Hall–Kier alpha value is -2.41. The summed E-state index contributed by atoms with van der Waals surface area (Å²) in [5, 5.41) is 2.76. The standard InChI is InChI=1S/C18H24N4O3/c1-2-20-17(24)15-9-13(19)11-22(15)16(23)7-8-21-10-12-5-3-4-6-14(12)18(21)25/h3-6,13,15H,2,7-11,19H2,1H3,(H,20,24)/t13-,15+/m1/s1. The Balaban J connectivity index is 1.59. The number of fused-ring (bicyclic) bond motifs is 1. The quantitative estimate of drug-likeness (QED) is 0.792. The van der Waals surface area contributed by atoms with E-state index in [2.05, 4.69) is 5.32 Å². The second-order valence-electron chi connectivity index (χ2n) is 6.59. The number of benzene rings is 1. The van der Waals surface area contributed by atoms with Crippen LogP contribution in [0.3, 0.4) is 0 Å². The van der Waals surface area contributed by atoms with Gasteiger partial charge in [0.1, 0.15) is 6.04 Å². The van der Waals surface area contributed by atoms with Crippen LogP contribution in [0.15, 0.2) is 24.3 Å². The van der Waals surface area contributed by atoms with Gasteiger partial charge in [-0.05, 0) is 25.0 Å². The Morgan fingerprint density at radius 2 is 2.08 bits per heavy atom. The average Bonchev–Trinajstić information content (AvgIpc) is 3.14. The maximum absolute atomic E-state index is 12.6. The lowest BCUT2D eigenvalue weighted by molar-refractivity contribution is -0.138. The molecule has 3 amide bonds. The van der Waals surface area contributed by atoms with Crippen LogP contribution in [-0.2, 0) is 16.1 Å². The van der Waals surface area contributed by atoms with Crippen molar-refractivity contribution in [3.05, 3.63) is 35.4 Å². The molecule has 0 unspecified atom stereocenters. The molecule has 2 heterocycles. The van der Waals surface area contributed by atoms with Crippen molar-refractivity contribution in [2.45, 2.75) is 38.4 Å². The maximum Gasteiger partial charge on any atom is 0.254 e. The molecule has 7 nitrogen and oxygen atoms in total. The molecule has 0 aliphatic carbocycles. The fourth-order valence-electron chi connectivity index (χ4n) is 3.55. The minimum atomic E-state index is -0.506. The van der Waals surface area contributed by atoms with E-state index < -0.39 is 6.04 Å². The van der Waals surface area contributed by atoms with Gasteiger partial charge in [0.25, 0.3) is 5.91 Å². The van der Waals surface area contributed by atoms with Crippen LogP contribution in [0, 0.1) is 0 Å². The first-order chi connectivity index (χ1) is 12.0. The monoisotopic (exact) mass is 344 g/mol. The van der Waals surface area contributed by atoms with Gasteiger partial charge in [-0.2, -0.15) is 0 Å². The molecule has 0 bridgehead atoms. The summed E-state index contributed by atoms with van der Waals surface area (Å²) in [5.74, 6) is -0.330. The highest BCUT2D eigenvalue weighted by Crippen LogP contribution is 2.23. The molecule has 3 rings (SSSR count). The average molecular weight is 344 g/mol. The SMILES string of the molecule is CCNC(=O)[C@@H]1C[C@@H](N)CN1C(=O)CCN1Cc2ccccc2C1=O.